The Kier molecular flexibility index (Phi) is 4.09. The lowest BCUT2D eigenvalue weighted by Crippen LogP contribution is -2.50. The minimum Gasteiger partial charge on any atom is -0.332 e. The van der Waals surface area contributed by atoms with E-state index < -0.39 is 29.7 Å². The molecule has 1 aromatic heterocycles. The van der Waals surface area contributed by atoms with Crippen molar-refractivity contribution in [1.29, 1.82) is 0 Å². The van der Waals surface area contributed by atoms with Crippen LogP contribution in [0.1, 0.15) is 11.5 Å². The van der Waals surface area contributed by atoms with Gasteiger partial charge in [0.1, 0.15) is 0 Å². The maximum absolute atomic E-state index is 13.4. The quantitative estimate of drug-likeness (QED) is 0.863. The van der Waals surface area contributed by atoms with Gasteiger partial charge in [-0.1, -0.05) is 29.4 Å². The molecule has 0 saturated heterocycles. The molecule has 23 heavy (non-hydrogen) atoms. The van der Waals surface area contributed by atoms with Crippen LogP contribution in [-0.2, 0) is 12.5 Å². The van der Waals surface area contributed by atoms with Gasteiger partial charge in [0.15, 0.2) is 0 Å². The SMILES string of the molecule is NCc1ccc(-c2noc(C(F)(F)C(F)(F)C(F)(F)F)n2)cc1. The van der Waals surface area contributed by atoms with E-state index in [4.69, 9.17) is 5.73 Å². The molecule has 0 amide bonds. The Labute approximate surface area is 124 Å². The van der Waals surface area contributed by atoms with Crippen molar-refractivity contribution in [2.45, 2.75) is 24.6 Å². The van der Waals surface area contributed by atoms with Crippen molar-refractivity contribution in [3.63, 3.8) is 0 Å². The molecule has 0 radical (unpaired) electrons. The molecule has 0 spiro atoms. The Hall–Kier alpha value is -2.17. The second kappa shape index (κ2) is 5.48. The summed E-state index contributed by atoms with van der Waals surface area (Å²) in [6, 6.07) is 5.62. The van der Waals surface area contributed by atoms with Crippen molar-refractivity contribution in [1.82, 2.24) is 10.1 Å². The molecule has 0 fully saturated rings. The number of nitrogens with zero attached hydrogens (tertiary/aromatic N) is 2. The van der Waals surface area contributed by atoms with Crippen LogP contribution in [0.5, 0.6) is 0 Å². The molecule has 1 aromatic carbocycles. The van der Waals surface area contributed by atoms with Gasteiger partial charge in [0, 0.05) is 12.1 Å². The lowest BCUT2D eigenvalue weighted by molar-refractivity contribution is -0.364. The fourth-order valence-corrected chi connectivity index (χ4v) is 1.57. The zero-order valence-corrected chi connectivity index (χ0v) is 11.0. The minimum absolute atomic E-state index is 0.0864. The van der Waals surface area contributed by atoms with Crippen molar-refractivity contribution < 1.29 is 35.3 Å². The Morgan fingerprint density at radius 1 is 0.957 bits per heavy atom. The monoisotopic (exact) mass is 343 g/mol. The summed E-state index contributed by atoms with van der Waals surface area (Å²) in [7, 11) is 0. The highest BCUT2D eigenvalue weighted by Crippen LogP contribution is 2.51. The van der Waals surface area contributed by atoms with E-state index >= 15 is 0 Å². The molecule has 0 aliphatic heterocycles. The van der Waals surface area contributed by atoms with Crippen LogP contribution in [0, 0.1) is 0 Å². The molecule has 0 aliphatic carbocycles. The average molecular weight is 343 g/mol. The van der Waals surface area contributed by atoms with E-state index in [0.717, 1.165) is 0 Å². The van der Waals surface area contributed by atoms with E-state index in [9.17, 15) is 30.7 Å². The van der Waals surface area contributed by atoms with Crippen molar-refractivity contribution in [3.05, 3.63) is 35.7 Å². The van der Waals surface area contributed by atoms with Crippen molar-refractivity contribution >= 4 is 0 Å². The molecule has 0 aliphatic rings. The summed E-state index contributed by atoms with van der Waals surface area (Å²) in [5.74, 6) is -14.7. The number of nitrogens with two attached hydrogens (primary N) is 1. The lowest BCUT2D eigenvalue weighted by atomic mass is 10.1. The smallest absolute Gasteiger partial charge is 0.332 e. The van der Waals surface area contributed by atoms with E-state index in [2.05, 4.69) is 14.7 Å². The third-order valence-corrected chi connectivity index (χ3v) is 2.89. The van der Waals surface area contributed by atoms with Gasteiger partial charge < -0.3 is 10.3 Å². The van der Waals surface area contributed by atoms with E-state index in [1.807, 2.05) is 0 Å². The summed E-state index contributed by atoms with van der Waals surface area (Å²) in [5.41, 5.74) is 6.11. The molecule has 2 N–H and O–H groups in total. The second-order valence-electron chi connectivity index (χ2n) is 4.47. The predicted octanol–water partition coefficient (Wildman–Crippen LogP) is 3.48. The van der Waals surface area contributed by atoms with E-state index in [-0.39, 0.29) is 12.1 Å². The highest BCUT2D eigenvalue weighted by molar-refractivity contribution is 5.54. The summed E-state index contributed by atoms with van der Waals surface area (Å²) in [4.78, 5) is 2.95. The van der Waals surface area contributed by atoms with Crippen LogP contribution in [0.2, 0.25) is 0 Å². The zero-order valence-electron chi connectivity index (χ0n) is 11.0. The Bertz CT molecular complexity index is 679. The van der Waals surface area contributed by atoms with Gasteiger partial charge in [-0.25, -0.2) is 0 Å². The Balaban J connectivity index is 2.37. The summed E-state index contributed by atoms with van der Waals surface area (Å²) in [5, 5.41) is 3.01. The van der Waals surface area contributed by atoms with Crippen LogP contribution >= 0.6 is 0 Å². The molecule has 2 rings (SSSR count). The molecule has 11 heteroatoms. The molecule has 2 aromatic rings. The molecule has 4 nitrogen and oxygen atoms in total. The average Bonchev–Trinajstić information content (AvgIpc) is 2.96. The van der Waals surface area contributed by atoms with Gasteiger partial charge in [-0.15, -0.1) is 0 Å². The lowest BCUT2D eigenvalue weighted by Gasteiger charge is -2.25. The number of benzene rings is 1. The number of alkyl halides is 7. The van der Waals surface area contributed by atoms with E-state index in [1.54, 1.807) is 0 Å². The number of hydrogen-bond acceptors (Lipinski definition) is 4. The molecular weight excluding hydrogens is 335 g/mol. The molecule has 1 heterocycles. The maximum atomic E-state index is 13.4. The normalized spacial score (nSPS) is 13.4. The fraction of sp³-hybridized carbons (Fsp3) is 0.333. The summed E-state index contributed by atoms with van der Waals surface area (Å²) >= 11 is 0. The minimum atomic E-state index is -6.48. The van der Waals surface area contributed by atoms with Crippen LogP contribution in [0.4, 0.5) is 30.7 Å². The molecule has 126 valence electrons. The largest absolute Gasteiger partial charge is 0.460 e. The van der Waals surface area contributed by atoms with Gasteiger partial charge in [-0.05, 0) is 5.56 Å². The van der Waals surface area contributed by atoms with Gasteiger partial charge in [-0.3, -0.25) is 0 Å². The van der Waals surface area contributed by atoms with Crippen LogP contribution in [-0.4, -0.2) is 22.2 Å². The first-order valence-corrected chi connectivity index (χ1v) is 5.96. The number of rotatable bonds is 4. The van der Waals surface area contributed by atoms with E-state index in [1.165, 1.54) is 24.3 Å². The van der Waals surface area contributed by atoms with Crippen LogP contribution < -0.4 is 5.73 Å². The van der Waals surface area contributed by atoms with Crippen molar-refractivity contribution in [2.24, 2.45) is 5.73 Å². The summed E-state index contributed by atoms with van der Waals surface area (Å²) < 4.78 is 92.8. The standard InChI is InChI=1S/C12H8F7N3O/c13-10(14,11(15,16)12(17,18)19)9-21-8(22-23-9)7-3-1-6(5-20)2-4-7/h1-4H,5,20H2. The van der Waals surface area contributed by atoms with Crippen molar-refractivity contribution in [2.75, 3.05) is 0 Å². The number of hydrogen-bond donors (Lipinski definition) is 1. The van der Waals surface area contributed by atoms with Crippen LogP contribution in [0.25, 0.3) is 11.4 Å². The predicted molar refractivity (Wildman–Crippen MR) is 62.5 cm³/mol. The van der Waals surface area contributed by atoms with Gasteiger partial charge in [0.05, 0.1) is 0 Å². The van der Waals surface area contributed by atoms with Gasteiger partial charge >= 0.3 is 23.9 Å². The summed E-state index contributed by atoms with van der Waals surface area (Å²) in [6.45, 7) is 0.188. The first kappa shape index (κ1) is 17.2. The van der Waals surface area contributed by atoms with Gasteiger partial charge in [-0.2, -0.15) is 35.7 Å². The second-order valence-corrected chi connectivity index (χ2v) is 4.47. The molecule has 0 saturated carbocycles. The zero-order chi connectivity index (χ0) is 17.5. The maximum Gasteiger partial charge on any atom is 0.460 e. The van der Waals surface area contributed by atoms with Crippen LogP contribution in [0.3, 0.4) is 0 Å². The van der Waals surface area contributed by atoms with E-state index in [0.29, 0.717) is 5.56 Å². The molecule has 0 atom stereocenters. The highest BCUT2D eigenvalue weighted by Gasteiger charge is 2.76. The topological polar surface area (TPSA) is 64.9 Å². The highest BCUT2D eigenvalue weighted by atomic mass is 19.4. The van der Waals surface area contributed by atoms with Crippen molar-refractivity contribution in [3.8, 4) is 11.4 Å². The van der Waals surface area contributed by atoms with Gasteiger partial charge in [0.2, 0.25) is 5.82 Å². The van der Waals surface area contributed by atoms with Gasteiger partial charge in [0.25, 0.3) is 0 Å². The Morgan fingerprint density at radius 2 is 1.52 bits per heavy atom. The summed E-state index contributed by atoms with van der Waals surface area (Å²) in [6.07, 6.45) is -6.48. The first-order valence-electron chi connectivity index (χ1n) is 5.96. The molecule has 0 bridgehead atoms. The molecule has 0 unspecified atom stereocenters. The first-order chi connectivity index (χ1) is 10.5. The third kappa shape index (κ3) is 2.87. The molecular formula is C12H8F7N3O. The number of aromatic nitrogens is 2. The number of halogens is 7. The van der Waals surface area contributed by atoms with Crippen LogP contribution in [0.15, 0.2) is 28.8 Å². The fourth-order valence-electron chi connectivity index (χ4n) is 1.57. The third-order valence-electron chi connectivity index (χ3n) is 2.89. The Morgan fingerprint density at radius 3 is 2.00 bits per heavy atom.